The molecule has 0 aromatic heterocycles. The van der Waals surface area contributed by atoms with Gasteiger partial charge in [-0.15, -0.1) is 0 Å². The van der Waals surface area contributed by atoms with E-state index in [4.69, 9.17) is 20.1 Å². The molecule has 0 rings (SSSR count). The molecular formula is C21H32O7. The number of allylic oxidation sites excluding steroid dienone is 5. The van der Waals surface area contributed by atoms with Gasteiger partial charge in [0.15, 0.2) is 6.10 Å². The molecule has 28 heavy (non-hydrogen) atoms. The van der Waals surface area contributed by atoms with Crippen LogP contribution in [-0.4, -0.2) is 45.9 Å². The minimum absolute atomic E-state index is 0.0878. The van der Waals surface area contributed by atoms with E-state index >= 15 is 0 Å². The van der Waals surface area contributed by atoms with E-state index in [9.17, 15) is 14.4 Å². The first-order valence-corrected chi connectivity index (χ1v) is 9.28. The van der Waals surface area contributed by atoms with Crippen molar-refractivity contribution in [1.82, 2.24) is 0 Å². The zero-order valence-electron chi connectivity index (χ0n) is 17.1. The number of carboxylic acid groups (broad SMARTS) is 3. The quantitative estimate of drug-likeness (QED) is 0.379. The summed E-state index contributed by atoms with van der Waals surface area (Å²) in [5.74, 6) is -6.03. The van der Waals surface area contributed by atoms with E-state index < -0.39 is 36.4 Å². The van der Waals surface area contributed by atoms with Crippen molar-refractivity contribution in [2.75, 3.05) is 6.61 Å². The lowest BCUT2D eigenvalue weighted by atomic mass is 9.98. The Labute approximate surface area is 166 Å². The van der Waals surface area contributed by atoms with Crippen molar-refractivity contribution >= 4 is 17.9 Å². The molecule has 0 aromatic carbocycles. The molecule has 158 valence electrons. The van der Waals surface area contributed by atoms with E-state index in [0.29, 0.717) is 0 Å². The summed E-state index contributed by atoms with van der Waals surface area (Å²) in [6.07, 6.45) is 7.20. The molecule has 0 aromatic rings. The molecule has 0 aliphatic rings. The fraction of sp³-hybridized carbons (Fsp3) is 0.571. The number of ether oxygens (including phenoxy) is 1. The molecule has 2 atom stereocenters. The first-order chi connectivity index (χ1) is 13.0. The van der Waals surface area contributed by atoms with E-state index in [1.54, 1.807) is 6.08 Å². The van der Waals surface area contributed by atoms with Gasteiger partial charge in [-0.1, -0.05) is 34.9 Å². The van der Waals surface area contributed by atoms with E-state index in [1.165, 1.54) is 11.1 Å². The fourth-order valence-corrected chi connectivity index (χ4v) is 2.50. The normalized spacial score (nSPS) is 14.3. The number of aliphatic carboxylic acids is 3. The Morgan fingerprint density at radius 1 is 0.821 bits per heavy atom. The monoisotopic (exact) mass is 396 g/mol. The second kappa shape index (κ2) is 13.7. The van der Waals surface area contributed by atoms with E-state index in [-0.39, 0.29) is 6.61 Å². The molecular weight excluding hydrogens is 364 g/mol. The van der Waals surface area contributed by atoms with Gasteiger partial charge in [-0.2, -0.15) is 0 Å². The molecule has 0 amide bonds. The van der Waals surface area contributed by atoms with Crippen LogP contribution in [0.4, 0.5) is 0 Å². The highest BCUT2D eigenvalue weighted by atomic mass is 16.5. The van der Waals surface area contributed by atoms with Gasteiger partial charge in [0.05, 0.1) is 13.0 Å². The van der Waals surface area contributed by atoms with Gasteiger partial charge in [0.1, 0.15) is 5.92 Å². The molecule has 0 saturated heterocycles. The zero-order valence-corrected chi connectivity index (χ0v) is 17.1. The summed E-state index contributed by atoms with van der Waals surface area (Å²) < 4.78 is 5.16. The molecule has 0 aliphatic heterocycles. The van der Waals surface area contributed by atoms with Gasteiger partial charge in [0.25, 0.3) is 0 Å². The Balaban J connectivity index is 4.59. The highest BCUT2D eigenvalue weighted by Crippen LogP contribution is 2.15. The molecule has 0 radical (unpaired) electrons. The summed E-state index contributed by atoms with van der Waals surface area (Å²) in [4.78, 5) is 33.2. The molecule has 7 nitrogen and oxygen atoms in total. The van der Waals surface area contributed by atoms with E-state index in [1.807, 2.05) is 6.92 Å². The van der Waals surface area contributed by atoms with Crippen LogP contribution in [0, 0.1) is 5.92 Å². The number of carbonyl (C=O) groups is 3. The van der Waals surface area contributed by atoms with Crippen molar-refractivity contribution in [3.63, 3.8) is 0 Å². The third kappa shape index (κ3) is 12.1. The van der Waals surface area contributed by atoms with Crippen LogP contribution in [-0.2, 0) is 19.1 Å². The predicted octanol–water partition coefficient (Wildman–Crippen LogP) is 4.05. The van der Waals surface area contributed by atoms with E-state index in [2.05, 4.69) is 32.9 Å². The van der Waals surface area contributed by atoms with Crippen LogP contribution in [0.3, 0.4) is 0 Å². The third-order valence-corrected chi connectivity index (χ3v) is 4.15. The highest BCUT2D eigenvalue weighted by Gasteiger charge is 2.36. The summed E-state index contributed by atoms with van der Waals surface area (Å²) >= 11 is 0. The van der Waals surface area contributed by atoms with Crippen molar-refractivity contribution in [3.05, 3.63) is 34.9 Å². The van der Waals surface area contributed by atoms with Crippen LogP contribution in [0.5, 0.6) is 0 Å². The molecule has 0 aliphatic carbocycles. The van der Waals surface area contributed by atoms with Crippen molar-refractivity contribution in [2.45, 2.75) is 65.9 Å². The smallest absolute Gasteiger partial charge is 0.333 e. The lowest BCUT2D eigenvalue weighted by Crippen LogP contribution is -2.38. The lowest BCUT2D eigenvalue weighted by molar-refractivity contribution is -0.165. The van der Waals surface area contributed by atoms with Crippen molar-refractivity contribution in [3.8, 4) is 0 Å². The summed E-state index contributed by atoms with van der Waals surface area (Å²) in [6.45, 7) is 8.04. The van der Waals surface area contributed by atoms with Gasteiger partial charge in [-0.25, -0.2) is 4.79 Å². The molecule has 0 unspecified atom stereocenters. The second-order valence-electron chi connectivity index (χ2n) is 7.09. The number of carboxylic acids is 3. The van der Waals surface area contributed by atoms with Crippen LogP contribution in [0.25, 0.3) is 0 Å². The van der Waals surface area contributed by atoms with Gasteiger partial charge < -0.3 is 20.1 Å². The molecule has 0 spiro atoms. The van der Waals surface area contributed by atoms with Gasteiger partial charge in [0, 0.05) is 0 Å². The number of rotatable bonds is 14. The average molecular weight is 396 g/mol. The van der Waals surface area contributed by atoms with Gasteiger partial charge >= 0.3 is 17.9 Å². The minimum Gasteiger partial charge on any atom is -0.481 e. The summed E-state index contributed by atoms with van der Waals surface area (Å²) in [7, 11) is 0. The first-order valence-electron chi connectivity index (χ1n) is 9.28. The Morgan fingerprint density at radius 2 is 1.36 bits per heavy atom. The molecule has 0 fully saturated rings. The Bertz CT molecular complexity index is 625. The van der Waals surface area contributed by atoms with Crippen LogP contribution in [0.1, 0.15) is 59.8 Å². The first kappa shape index (κ1) is 25.6. The molecule has 3 N–H and O–H groups in total. The number of hydrogen-bond donors (Lipinski definition) is 3. The molecule has 0 heterocycles. The third-order valence-electron chi connectivity index (χ3n) is 4.15. The van der Waals surface area contributed by atoms with Crippen LogP contribution in [0.2, 0.25) is 0 Å². The van der Waals surface area contributed by atoms with Crippen LogP contribution >= 0.6 is 0 Å². The van der Waals surface area contributed by atoms with Crippen molar-refractivity contribution in [1.29, 1.82) is 0 Å². The van der Waals surface area contributed by atoms with Gasteiger partial charge in [-0.05, 0) is 53.4 Å². The fourth-order valence-electron chi connectivity index (χ4n) is 2.50. The maximum Gasteiger partial charge on any atom is 0.333 e. The SMILES string of the molecule is CC(C)=CCC/C(C)=C/CC/C(C)=C/CO[C@@H](C(=O)O)[C@H](CC(=O)O)C(=O)O. The average Bonchev–Trinajstić information content (AvgIpc) is 2.56. The Morgan fingerprint density at radius 3 is 1.82 bits per heavy atom. The number of hydrogen-bond acceptors (Lipinski definition) is 4. The summed E-state index contributed by atoms with van der Waals surface area (Å²) in [5, 5.41) is 27.0. The molecule has 0 saturated carbocycles. The maximum absolute atomic E-state index is 11.3. The summed E-state index contributed by atoms with van der Waals surface area (Å²) in [5.41, 5.74) is 3.60. The minimum atomic E-state index is -1.71. The lowest BCUT2D eigenvalue weighted by Gasteiger charge is -2.18. The van der Waals surface area contributed by atoms with Crippen LogP contribution in [0.15, 0.2) is 34.9 Å². The second-order valence-corrected chi connectivity index (χ2v) is 7.09. The van der Waals surface area contributed by atoms with Crippen molar-refractivity contribution in [2.24, 2.45) is 5.92 Å². The largest absolute Gasteiger partial charge is 0.481 e. The zero-order chi connectivity index (χ0) is 21.7. The van der Waals surface area contributed by atoms with Crippen LogP contribution < -0.4 is 0 Å². The Kier molecular flexibility index (Phi) is 12.5. The highest BCUT2D eigenvalue weighted by molar-refractivity contribution is 5.85. The molecule has 0 bridgehead atoms. The van der Waals surface area contributed by atoms with E-state index in [0.717, 1.165) is 31.3 Å². The molecule has 7 heteroatoms. The standard InChI is InChI=1S/C21H32O7/c1-14(2)7-5-8-15(3)9-6-10-16(4)11-12-28-19(21(26)27)17(20(24)25)13-18(22)23/h7,9,11,17,19H,5-6,8,10,12-13H2,1-4H3,(H,22,23)(H,24,25)(H,26,27)/b15-9+,16-11+/t17-,19+/m0/s1. The topological polar surface area (TPSA) is 121 Å². The predicted molar refractivity (Wildman–Crippen MR) is 106 cm³/mol. The maximum atomic E-state index is 11.3. The van der Waals surface area contributed by atoms with Gasteiger partial charge in [-0.3, -0.25) is 9.59 Å². The Hall–Kier alpha value is -2.41. The summed E-state index contributed by atoms with van der Waals surface area (Å²) in [6, 6.07) is 0. The van der Waals surface area contributed by atoms with Gasteiger partial charge in [0.2, 0.25) is 0 Å². The van der Waals surface area contributed by atoms with Crippen molar-refractivity contribution < 1.29 is 34.4 Å².